The van der Waals surface area contributed by atoms with Gasteiger partial charge in [0.25, 0.3) is 15.9 Å². The molecule has 4 amide bonds. The molecule has 3 aromatic carbocycles. The predicted octanol–water partition coefficient (Wildman–Crippen LogP) is 6.73. The van der Waals surface area contributed by atoms with Gasteiger partial charge in [0.05, 0.1) is 30.6 Å². The Kier molecular flexibility index (Phi) is 13.5. The maximum Gasteiger partial charge on any atom is 0.408 e. The SMILES string of the molecule is COc1ccc2c(O[C@@H]3C[C@@H](C(=O)N[C@]45C[C@@H]4/C=C\CCCCCNc4ccccc4S(=O)(=O)NC5=O)N(C(=O)[C@@H](NC(=O)OC(C)(C)C)C(C)C)C3)cc(-c3ccccc3)nc2c1. The molecule has 1 saturated heterocycles. The standard InChI is InChI=1S/C48H58N6O9S/c1-30(2)42(51-46(58)63-47(3,4)5)44(56)54-29-34(62-40-27-37(31-17-11-10-12-18-31)50-38-25-33(61-6)22-23-35(38)40)26-39(54)43(55)52-48-28-32(48)19-13-8-7-9-16-24-49-36-20-14-15-21-41(36)64(59,60)53-45(48)57/h10-15,17-23,25,27,30,32,34,39,42,49H,7-9,16,24,26,28-29H2,1-6H3,(H,51,58)(H,52,55)(H,53,57)/b19-13-/t32-,34+,39-,42-,48+/m0/s1. The van der Waals surface area contributed by atoms with Gasteiger partial charge < -0.3 is 35.1 Å². The minimum Gasteiger partial charge on any atom is -0.497 e. The highest BCUT2D eigenvalue weighted by Gasteiger charge is 2.62. The maximum atomic E-state index is 14.8. The molecule has 1 aromatic heterocycles. The number of pyridine rings is 1. The minimum atomic E-state index is -4.39. The predicted molar refractivity (Wildman–Crippen MR) is 243 cm³/mol. The number of aromatic nitrogens is 1. The normalized spacial score (nSPS) is 23.1. The van der Waals surface area contributed by atoms with E-state index in [0.29, 0.717) is 40.3 Å². The van der Waals surface area contributed by atoms with Crippen molar-refractivity contribution in [3.8, 4) is 22.8 Å². The molecule has 340 valence electrons. The van der Waals surface area contributed by atoms with E-state index in [4.69, 9.17) is 19.2 Å². The van der Waals surface area contributed by atoms with Gasteiger partial charge in [-0.3, -0.25) is 14.4 Å². The van der Waals surface area contributed by atoms with Gasteiger partial charge in [-0.2, -0.15) is 0 Å². The Bertz CT molecular complexity index is 2530. The van der Waals surface area contributed by atoms with Crippen LogP contribution in [0.5, 0.6) is 11.5 Å². The first-order valence-electron chi connectivity index (χ1n) is 21.9. The summed E-state index contributed by atoms with van der Waals surface area (Å²) in [5.41, 5.74) is -0.0254. The number of amides is 4. The minimum absolute atomic E-state index is 0.00498. The van der Waals surface area contributed by atoms with E-state index in [9.17, 15) is 27.6 Å². The van der Waals surface area contributed by atoms with Crippen LogP contribution in [-0.4, -0.2) is 91.6 Å². The topological polar surface area (TPSA) is 194 Å². The molecule has 0 spiro atoms. The zero-order valence-corrected chi connectivity index (χ0v) is 38.0. The number of rotatable bonds is 9. The number of anilines is 1. The van der Waals surface area contributed by atoms with Crippen LogP contribution in [0.25, 0.3) is 22.2 Å². The number of sulfonamides is 1. The van der Waals surface area contributed by atoms with Crippen molar-refractivity contribution in [2.24, 2.45) is 11.8 Å². The van der Waals surface area contributed by atoms with Crippen molar-refractivity contribution in [2.45, 2.75) is 107 Å². The van der Waals surface area contributed by atoms with Gasteiger partial charge in [-0.25, -0.2) is 22.9 Å². The number of benzene rings is 3. The van der Waals surface area contributed by atoms with Gasteiger partial charge in [0.2, 0.25) is 11.8 Å². The lowest BCUT2D eigenvalue weighted by Crippen LogP contribution is -2.59. The number of allylic oxidation sites excluding steroid dienone is 1. The first kappa shape index (κ1) is 45.9. The number of nitrogens with one attached hydrogen (secondary N) is 4. The Hall–Kier alpha value is -6.16. The molecule has 7 rings (SSSR count). The molecule has 4 N–H and O–H groups in total. The van der Waals surface area contributed by atoms with Gasteiger partial charge >= 0.3 is 6.09 Å². The summed E-state index contributed by atoms with van der Waals surface area (Å²) in [6.07, 6.45) is 5.78. The molecule has 3 heterocycles. The maximum absolute atomic E-state index is 14.8. The Labute approximate surface area is 374 Å². The molecule has 0 unspecified atom stereocenters. The average molecular weight is 895 g/mol. The summed E-state index contributed by atoms with van der Waals surface area (Å²) in [5.74, 6) is -1.99. The van der Waals surface area contributed by atoms with Crippen LogP contribution >= 0.6 is 0 Å². The molecule has 16 heteroatoms. The molecular weight excluding hydrogens is 837 g/mol. The zero-order chi connectivity index (χ0) is 45.8. The van der Waals surface area contributed by atoms with Crippen LogP contribution in [0.15, 0.2) is 95.9 Å². The number of ether oxygens (including phenoxy) is 3. The monoisotopic (exact) mass is 894 g/mol. The molecular formula is C48H58N6O9S. The third-order valence-electron chi connectivity index (χ3n) is 11.7. The molecule has 5 atom stereocenters. The Morgan fingerprint density at radius 2 is 1.72 bits per heavy atom. The number of carbonyl (C=O) groups excluding carboxylic acids is 4. The van der Waals surface area contributed by atoms with E-state index in [1.165, 1.54) is 11.0 Å². The van der Waals surface area contributed by atoms with Crippen molar-refractivity contribution in [1.29, 1.82) is 0 Å². The Morgan fingerprint density at radius 1 is 0.969 bits per heavy atom. The molecule has 64 heavy (non-hydrogen) atoms. The molecule has 1 aliphatic carbocycles. The van der Waals surface area contributed by atoms with Crippen molar-refractivity contribution >= 4 is 50.4 Å². The molecule has 2 aliphatic heterocycles. The summed E-state index contributed by atoms with van der Waals surface area (Å²) in [6, 6.07) is 20.9. The fourth-order valence-electron chi connectivity index (χ4n) is 8.29. The van der Waals surface area contributed by atoms with Gasteiger partial charge in [0.1, 0.15) is 45.7 Å². The van der Waals surface area contributed by atoms with Crippen LogP contribution in [0.3, 0.4) is 0 Å². The zero-order valence-electron chi connectivity index (χ0n) is 37.2. The quantitative estimate of drug-likeness (QED) is 0.130. The van der Waals surface area contributed by atoms with Crippen LogP contribution in [0.4, 0.5) is 10.5 Å². The summed E-state index contributed by atoms with van der Waals surface area (Å²) < 4.78 is 47.8. The fraction of sp³-hybridized carbons (Fsp3) is 0.438. The highest BCUT2D eigenvalue weighted by atomic mass is 32.2. The highest BCUT2D eigenvalue weighted by Crippen LogP contribution is 2.46. The van der Waals surface area contributed by atoms with E-state index in [2.05, 4.69) is 20.7 Å². The third-order valence-corrected chi connectivity index (χ3v) is 13.1. The lowest BCUT2D eigenvalue weighted by atomic mass is 10.0. The largest absolute Gasteiger partial charge is 0.497 e. The molecule has 0 radical (unpaired) electrons. The van der Waals surface area contributed by atoms with Crippen LogP contribution in [0.2, 0.25) is 0 Å². The van der Waals surface area contributed by atoms with Gasteiger partial charge in [-0.1, -0.05) is 74.9 Å². The van der Waals surface area contributed by atoms with Crippen molar-refractivity contribution in [3.63, 3.8) is 0 Å². The number of hydrogen-bond acceptors (Lipinski definition) is 11. The van der Waals surface area contributed by atoms with Gasteiger partial charge in [-0.15, -0.1) is 0 Å². The second kappa shape index (κ2) is 18.9. The lowest BCUT2D eigenvalue weighted by Gasteiger charge is -2.31. The smallest absolute Gasteiger partial charge is 0.408 e. The van der Waals surface area contributed by atoms with E-state index < -0.39 is 75.0 Å². The summed E-state index contributed by atoms with van der Waals surface area (Å²) in [6.45, 7) is 9.19. The summed E-state index contributed by atoms with van der Waals surface area (Å²) >= 11 is 0. The number of nitrogens with zero attached hydrogens (tertiary/aromatic N) is 2. The molecule has 0 bridgehead atoms. The van der Waals surface area contributed by atoms with Crippen LogP contribution < -0.4 is 30.1 Å². The van der Waals surface area contributed by atoms with Crippen LogP contribution in [0.1, 0.15) is 73.1 Å². The number of fused-ring (bicyclic) bond motifs is 3. The Balaban J connectivity index is 1.23. The number of alkyl carbamates (subject to hydrolysis) is 1. The third kappa shape index (κ3) is 10.4. The van der Waals surface area contributed by atoms with Gasteiger partial charge in [0.15, 0.2) is 0 Å². The van der Waals surface area contributed by atoms with Gasteiger partial charge in [-0.05, 0) is 76.6 Å². The van der Waals surface area contributed by atoms with Crippen molar-refractivity contribution in [2.75, 3.05) is 25.5 Å². The summed E-state index contributed by atoms with van der Waals surface area (Å²) in [5, 5.41) is 9.52. The number of para-hydroxylation sites is 1. The molecule has 15 nitrogen and oxygen atoms in total. The number of likely N-dealkylation sites (tertiary alicyclic amines) is 1. The lowest BCUT2D eigenvalue weighted by molar-refractivity contribution is -0.141. The van der Waals surface area contributed by atoms with Crippen LogP contribution in [0, 0.1) is 11.8 Å². The number of methoxy groups -OCH3 is 1. The van der Waals surface area contributed by atoms with Crippen molar-refractivity contribution in [1.82, 2.24) is 25.2 Å². The summed E-state index contributed by atoms with van der Waals surface area (Å²) in [7, 11) is -2.82. The van der Waals surface area contributed by atoms with Crippen molar-refractivity contribution in [3.05, 3.63) is 91.0 Å². The van der Waals surface area contributed by atoms with Crippen molar-refractivity contribution < 1.29 is 41.8 Å². The van der Waals surface area contributed by atoms with E-state index in [0.717, 1.165) is 31.2 Å². The molecule has 3 aliphatic rings. The fourth-order valence-corrected chi connectivity index (χ4v) is 9.51. The van der Waals surface area contributed by atoms with Gasteiger partial charge in [0, 0.05) is 42.0 Å². The Morgan fingerprint density at radius 3 is 2.45 bits per heavy atom. The second-order valence-electron chi connectivity index (χ2n) is 18.0. The van der Waals surface area contributed by atoms with E-state index in [1.54, 1.807) is 72.1 Å². The summed E-state index contributed by atoms with van der Waals surface area (Å²) in [4.78, 5) is 63.2. The molecule has 1 saturated carbocycles. The highest BCUT2D eigenvalue weighted by molar-refractivity contribution is 7.90. The number of hydrogen-bond donors (Lipinski definition) is 4. The first-order chi connectivity index (χ1) is 30.5. The number of carbonyl (C=O) groups is 4. The molecule has 4 aromatic rings. The van der Waals surface area contributed by atoms with Crippen LogP contribution in [-0.2, 0) is 29.1 Å². The average Bonchev–Trinajstić information content (AvgIpc) is 3.79. The molecule has 2 fully saturated rings. The van der Waals surface area contributed by atoms with E-state index >= 15 is 0 Å². The second-order valence-corrected chi connectivity index (χ2v) is 19.7. The van der Waals surface area contributed by atoms with E-state index in [-0.39, 0.29) is 24.3 Å². The van der Waals surface area contributed by atoms with E-state index in [1.807, 2.05) is 54.6 Å². The first-order valence-corrected chi connectivity index (χ1v) is 23.4.